The molecule has 1 saturated carbocycles. The highest BCUT2D eigenvalue weighted by Crippen LogP contribution is 2.34. The van der Waals surface area contributed by atoms with E-state index in [9.17, 15) is 40.9 Å². The molecular weight excluding hydrogens is 326 g/mol. The van der Waals surface area contributed by atoms with Gasteiger partial charge >= 0.3 is 0 Å². The Labute approximate surface area is 139 Å². The van der Waals surface area contributed by atoms with Crippen LogP contribution in [0.2, 0.25) is 0 Å². The molecule has 10 nitrogen and oxygen atoms in total. The number of hydrogen-bond donors (Lipinski definition) is 10. The summed E-state index contributed by atoms with van der Waals surface area (Å²) >= 11 is 0. The van der Waals surface area contributed by atoms with E-state index in [4.69, 9.17) is 5.11 Å². The number of nitrogens with one attached hydrogen (secondary N) is 1. The van der Waals surface area contributed by atoms with Gasteiger partial charge in [0.25, 0.3) is 0 Å². The van der Waals surface area contributed by atoms with Crippen LogP contribution in [0, 0.1) is 5.92 Å². The first-order chi connectivity index (χ1) is 11.2. The fraction of sp³-hybridized carbons (Fsp3) is 1.00. The second-order valence-corrected chi connectivity index (χ2v) is 6.30. The second-order valence-electron chi connectivity index (χ2n) is 6.30. The molecule has 1 fully saturated rings. The molecule has 0 aromatic heterocycles. The van der Waals surface area contributed by atoms with Crippen LogP contribution in [0.3, 0.4) is 0 Å². The minimum Gasteiger partial charge on any atom is -0.395 e. The van der Waals surface area contributed by atoms with E-state index in [2.05, 4.69) is 5.32 Å². The van der Waals surface area contributed by atoms with Crippen LogP contribution in [0.4, 0.5) is 0 Å². The zero-order valence-corrected chi connectivity index (χ0v) is 13.3. The lowest BCUT2D eigenvalue weighted by atomic mass is 9.98. The SMILES string of the molecule is OCC(O)C(O)C(O)C(O)C(O)CNC(CO)C(O)C(O)C1CC1. The summed E-state index contributed by atoms with van der Waals surface area (Å²) in [5.41, 5.74) is 0. The lowest BCUT2D eigenvalue weighted by Crippen LogP contribution is -2.55. The van der Waals surface area contributed by atoms with Crippen molar-refractivity contribution >= 4 is 0 Å². The van der Waals surface area contributed by atoms with Crippen LogP contribution < -0.4 is 5.32 Å². The minimum atomic E-state index is -1.92. The summed E-state index contributed by atoms with van der Waals surface area (Å²) < 4.78 is 0. The van der Waals surface area contributed by atoms with Crippen LogP contribution in [0.15, 0.2) is 0 Å². The van der Waals surface area contributed by atoms with Gasteiger partial charge in [0.2, 0.25) is 0 Å². The van der Waals surface area contributed by atoms with E-state index in [0.29, 0.717) is 0 Å². The Morgan fingerprint density at radius 1 is 0.708 bits per heavy atom. The lowest BCUT2D eigenvalue weighted by molar-refractivity contribution is -0.140. The average molecular weight is 355 g/mol. The highest BCUT2D eigenvalue weighted by atomic mass is 16.4. The van der Waals surface area contributed by atoms with Crippen molar-refractivity contribution < 1.29 is 46.0 Å². The first kappa shape index (κ1) is 21.6. The third-order valence-corrected chi connectivity index (χ3v) is 4.33. The van der Waals surface area contributed by atoms with Gasteiger partial charge in [0.05, 0.1) is 37.6 Å². The molecule has 0 heterocycles. The maximum absolute atomic E-state index is 9.97. The van der Waals surface area contributed by atoms with Gasteiger partial charge in [-0.1, -0.05) is 0 Å². The predicted molar refractivity (Wildman–Crippen MR) is 80.7 cm³/mol. The summed E-state index contributed by atoms with van der Waals surface area (Å²) in [5, 5.41) is 88.3. The maximum atomic E-state index is 9.97. The topological polar surface area (TPSA) is 194 Å². The van der Waals surface area contributed by atoms with Gasteiger partial charge in [0.15, 0.2) is 0 Å². The van der Waals surface area contributed by atoms with Crippen molar-refractivity contribution in [3.8, 4) is 0 Å². The monoisotopic (exact) mass is 355 g/mol. The summed E-state index contributed by atoms with van der Waals surface area (Å²) in [7, 11) is 0. The van der Waals surface area contributed by atoms with Gasteiger partial charge < -0.3 is 51.3 Å². The molecule has 0 saturated heterocycles. The van der Waals surface area contributed by atoms with Gasteiger partial charge in [-0.2, -0.15) is 0 Å². The Morgan fingerprint density at radius 3 is 1.71 bits per heavy atom. The van der Waals surface area contributed by atoms with E-state index in [1.54, 1.807) is 0 Å². The number of rotatable bonds is 12. The van der Waals surface area contributed by atoms with Crippen LogP contribution in [-0.2, 0) is 0 Å². The van der Waals surface area contributed by atoms with Crippen LogP contribution >= 0.6 is 0 Å². The molecule has 1 aliphatic rings. The van der Waals surface area contributed by atoms with Crippen molar-refractivity contribution in [2.45, 2.75) is 61.6 Å². The highest BCUT2D eigenvalue weighted by molar-refractivity contribution is 4.92. The molecule has 24 heavy (non-hydrogen) atoms. The third-order valence-electron chi connectivity index (χ3n) is 4.33. The first-order valence-corrected chi connectivity index (χ1v) is 7.96. The standard InChI is InChI=1S/C14H29NO9/c16-4-7(11(21)10(20)6-1-2-6)15-3-8(18)12(22)14(24)13(23)9(19)5-17/h6-24H,1-5H2. The van der Waals surface area contributed by atoms with Gasteiger partial charge in [-0.15, -0.1) is 0 Å². The summed E-state index contributed by atoms with van der Waals surface area (Å²) in [6, 6.07) is -0.951. The van der Waals surface area contributed by atoms with Crippen LogP contribution in [0.1, 0.15) is 12.8 Å². The number of aliphatic hydroxyl groups is 9. The Bertz CT molecular complexity index is 357. The van der Waals surface area contributed by atoms with E-state index in [1.165, 1.54) is 0 Å². The normalized spacial score (nSPS) is 25.4. The van der Waals surface area contributed by atoms with Crippen LogP contribution in [0.5, 0.6) is 0 Å². The second kappa shape index (κ2) is 9.92. The van der Waals surface area contributed by atoms with Crippen molar-refractivity contribution in [1.82, 2.24) is 5.32 Å². The molecule has 1 rings (SSSR count). The first-order valence-electron chi connectivity index (χ1n) is 7.96. The molecule has 144 valence electrons. The van der Waals surface area contributed by atoms with E-state index < -0.39 is 62.0 Å². The van der Waals surface area contributed by atoms with Crippen molar-refractivity contribution in [2.24, 2.45) is 5.92 Å². The largest absolute Gasteiger partial charge is 0.395 e. The van der Waals surface area contributed by atoms with Crippen LogP contribution in [0.25, 0.3) is 0 Å². The molecule has 0 aliphatic heterocycles. The molecule has 10 N–H and O–H groups in total. The zero-order chi connectivity index (χ0) is 18.4. The number of aliphatic hydroxyl groups excluding tert-OH is 9. The third kappa shape index (κ3) is 5.85. The quantitative estimate of drug-likeness (QED) is 0.162. The lowest BCUT2D eigenvalue weighted by Gasteiger charge is -2.31. The molecule has 8 unspecified atom stereocenters. The summed E-state index contributed by atoms with van der Waals surface area (Å²) in [6.07, 6.45) is -9.62. The Kier molecular flexibility index (Phi) is 8.95. The Hall–Kier alpha value is -0.400. The minimum absolute atomic E-state index is 0.0247. The molecule has 0 aromatic carbocycles. The summed E-state index contributed by atoms with van der Waals surface area (Å²) in [4.78, 5) is 0. The van der Waals surface area contributed by atoms with Crippen molar-refractivity contribution in [3.05, 3.63) is 0 Å². The van der Waals surface area contributed by atoms with Gasteiger partial charge in [0, 0.05) is 6.54 Å². The predicted octanol–water partition coefficient (Wildman–Crippen LogP) is -5.13. The zero-order valence-electron chi connectivity index (χ0n) is 13.3. The molecule has 8 atom stereocenters. The van der Waals surface area contributed by atoms with Crippen LogP contribution in [-0.4, -0.2) is 114 Å². The van der Waals surface area contributed by atoms with E-state index in [-0.39, 0.29) is 12.5 Å². The van der Waals surface area contributed by atoms with E-state index in [0.717, 1.165) is 12.8 Å². The van der Waals surface area contributed by atoms with Crippen molar-refractivity contribution in [2.75, 3.05) is 19.8 Å². The Morgan fingerprint density at radius 2 is 1.25 bits per heavy atom. The number of hydrogen-bond acceptors (Lipinski definition) is 10. The molecule has 0 aromatic rings. The fourth-order valence-electron chi connectivity index (χ4n) is 2.41. The van der Waals surface area contributed by atoms with Gasteiger partial charge in [0.1, 0.15) is 24.4 Å². The van der Waals surface area contributed by atoms with Crippen molar-refractivity contribution in [1.29, 1.82) is 0 Å². The molecule has 1 aliphatic carbocycles. The van der Waals surface area contributed by atoms with Gasteiger partial charge in [-0.25, -0.2) is 0 Å². The molecular formula is C14H29NO9. The van der Waals surface area contributed by atoms with Gasteiger partial charge in [-0.05, 0) is 18.8 Å². The fourth-order valence-corrected chi connectivity index (χ4v) is 2.41. The smallest absolute Gasteiger partial charge is 0.111 e. The molecule has 0 radical (unpaired) electrons. The van der Waals surface area contributed by atoms with Crippen molar-refractivity contribution in [3.63, 3.8) is 0 Å². The average Bonchev–Trinajstić information content (AvgIpc) is 3.43. The Balaban J connectivity index is 2.48. The molecule has 10 heteroatoms. The van der Waals surface area contributed by atoms with E-state index >= 15 is 0 Å². The molecule has 0 amide bonds. The summed E-state index contributed by atoms with van der Waals surface area (Å²) in [5.74, 6) is -0.0247. The molecule has 0 spiro atoms. The van der Waals surface area contributed by atoms with E-state index in [1.807, 2.05) is 0 Å². The van der Waals surface area contributed by atoms with Gasteiger partial charge in [-0.3, -0.25) is 0 Å². The molecule has 0 bridgehead atoms. The maximum Gasteiger partial charge on any atom is 0.111 e. The summed E-state index contributed by atoms with van der Waals surface area (Å²) in [6.45, 7) is -1.72. The highest BCUT2D eigenvalue weighted by Gasteiger charge is 2.38.